The zero-order chi connectivity index (χ0) is 24.2. The molecule has 35 heavy (non-hydrogen) atoms. The first kappa shape index (κ1) is 21.5. The van der Waals surface area contributed by atoms with Crippen LogP contribution in [0.4, 0.5) is 0 Å². The molecule has 1 atom stereocenters. The van der Waals surface area contributed by atoms with E-state index >= 15 is 0 Å². The van der Waals surface area contributed by atoms with Crippen LogP contribution in [0.1, 0.15) is 29.4 Å². The number of fused-ring (bicyclic) bond motifs is 4. The first-order valence-corrected chi connectivity index (χ1v) is 12.7. The summed E-state index contributed by atoms with van der Waals surface area (Å²) in [7, 11) is -3.80. The average molecular weight is 491 g/mol. The van der Waals surface area contributed by atoms with Gasteiger partial charge in [0.2, 0.25) is 0 Å². The molecule has 1 aliphatic rings. The summed E-state index contributed by atoms with van der Waals surface area (Å²) in [6.07, 6.45) is 6.64. The molecule has 0 bridgehead atoms. The summed E-state index contributed by atoms with van der Waals surface area (Å²) in [6.45, 7) is 3.12. The summed E-state index contributed by atoms with van der Waals surface area (Å²) in [6, 6.07) is 10.6. The number of imidazole rings is 1. The van der Waals surface area contributed by atoms with Gasteiger partial charge in [-0.3, -0.25) is 9.48 Å². The highest BCUT2D eigenvalue weighted by molar-refractivity contribution is 7.90. The Morgan fingerprint density at radius 1 is 1.17 bits per heavy atom. The molecule has 1 aromatic carbocycles. The lowest BCUT2D eigenvalue weighted by Crippen LogP contribution is -2.23. The molecule has 10 nitrogen and oxygen atoms in total. The van der Waals surface area contributed by atoms with E-state index in [-0.39, 0.29) is 17.5 Å². The number of carbonyl (C=O) groups excluding carboxylic acids is 1. The summed E-state index contributed by atoms with van der Waals surface area (Å²) in [5.41, 5.74) is 4.71. The maximum Gasteiger partial charge on any atom is 0.293 e. The fourth-order valence-electron chi connectivity index (χ4n) is 4.78. The first-order chi connectivity index (χ1) is 17.0. The third-order valence-corrected chi connectivity index (χ3v) is 8.19. The predicted octanol–water partition coefficient (Wildman–Crippen LogP) is 2.99. The SMILES string of the molecule is Cc1ccc(S(=O)(=O)n2ccc3c4c(cnc32)ncn4C2CCc3cc(COC=O)nn3C2)cc1. The number of carbonyl (C=O) groups is 1. The Kier molecular flexibility index (Phi) is 4.95. The molecule has 11 heteroatoms. The third-order valence-electron chi connectivity index (χ3n) is 6.51. The van der Waals surface area contributed by atoms with E-state index in [9.17, 15) is 13.2 Å². The molecule has 0 aliphatic carbocycles. The number of hydrogen-bond donors (Lipinski definition) is 0. The summed E-state index contributed by atoms with van der Waals surface area (Å²) in [4.78, 5) is 19.7. The Morgan fingerprint density at radius 3 is 2.80 bits per heavy atom. The summed E-state index contributed by atoms with van der Waals surface area (Å²) < 4.78 is 36.8. The van der Waals surface area contributed by atoms with Crippen LogP contribution in [0, 0.1) is 6.92 Å². The van der Waals surface area contributed by atoms with Gasteiger partial charge in [0.25, 0.3) is 16.5 Å². The van der Waals surface area contributed by atoms with E-state index in [1.807, 2.05) is 17.7 Å². The maximum atomic E-state index is 13.4. The molecular weight excluding hydrogens is 468 g/mol. The molecule has 0 fully saturated rings. The van der Waals surface area contributed by atoms with Gasteiger partial charge in [-0.2, -0.15) is 5.10 Å². The van der Waals surface area contributed by atoms with E-state index in [1.165, 1.54) is 3.97 Å². The van der Waals surface area contributed by atoms with Gasteiger partial charge in [-0.25, -0.2) is 22.4 Å². The van der Waals surface area contributed by atoms with Crippen LogP contribution >= 0.6 is 0 Å². The number of rotatable bonds is 6. The Hall–Kier alpha value is -3.99. The van der Waals surface area contributed by atoms with Crippen LogP contribution in [0.25, 0.3) is 22.1 Å². The molecule has 6 rings (SSSR count). The molecule has 0 saturated heterocycles. The lowest BCUT2D eigenvalue weighted by Gasteiger charge is -2.25. The van der Waals surface area contributed by atoms with Crippen molar-refractivity contribution in [2.75, 3.05) is 0 Å². The second-order valence-corrected chi connectivity index (χ2v) is 10.5. The van der Waals surface area contributed by atoms with Gasteiger partial charge in [0.1, 0.15) is 17.8 Å². The van der Waals surface area contributed by atoms with E-state index in [4.69, 9.17) is 4.74 Å². The molecule has 0 spiro atoms. The highest BCUT2D eigenvalue weighted by atomic mass is 32.2. The number of aromatic nitrogens is 6. The molecule has 0 N–H and O–H groups in total. The largest absolute Gasteiger partial charge is 0.461 e. The van der Waals surface area contributed by atoms with Gasteiger partial charge in [0.05, 0.1) is 35.5 Å². The van der Waals surface area contributed by atoms with Gasteiger partial charge in [0, 0.05) is 17.3 Å². The topological polar surface area (TPSA) is 114 Å². The van der Waals surface area contributed by atoms with Crippen molar-refractivity contribution in [3.05, 3.63) is 72.1 Å². The van der Waals surface area contributed by atoms with Crippen molar-refractivity contribution in [1.29, 1.82) is 0 Å². The van der Waals surface area contributed by atoms with Crippen molar-refractivity contribution in [1.82, 2.24) is 28.3 Å². The van der Waals surface area contributed by atoms with Crippen LogP contribution in [0.3, 0.4) is 0 Å². The van der Waals surface area contributed by atoms with Crippen molar-refractivity contribution < 1.29 is 17.9 Å². The minimum absolute atomic E-state index is 0.0786. The van der Waals surface area contributed by atoms with Crippen LogP contribution < -0.4 is 0 Å². The fourth-order valence-corrected chi connectivity index (χ4v) is 6.08. The molecule has 0 saturated carbocycles. The smallest absolute Gasteiger partial charge is 0.293 e. The molecule has 0 amide bonds. The molecule has 1 aliphatic heterocycles. The average Bonchev–Trinajstić information content (AvgIpc) is 3.58. The molecule has 4 aromatic heterocycles. The summed E-state index contributed by atoms with van der Waals surface area (Å²) >= 11 is 0. The predicted molar refractivity (Wildman–Crippen MR) is 127 cm³/mol. The molecule has 5 heterocycles. The van der Waals surface area contributed by atoms with Crippen molar-refractivity contribution in [2.45, 2.75) is 43.9 Å². The number of aryl methyl sites for hydroxylation is 2. The normalized spacial score (nSPS) is 16.0. The fraction of sp³-hybridized carbons (Fsp3) is 0.250. The first-order valence-electron chi connectivity index (χ1n) is 11.2. The van der Waals surface area contributed by atoms with Gasteiger partial charge in [-0.05, 0) is 44.0 Å². The standard InChI is InChI=1S/C24H22N6O4S/c1-16-2-6-20(7-3-16)35(32,33)30-9-8-21-23-22(11-25-24(21)30)26-14-28(23)19-5-4-18-10-17(13-34-15-31)27-29(18)12-19/h2-3,6-11,14-15,19H,4-5,12-13H2,1H3. The molecular formula is C24H22N6O4S. The van der Waals surface area contributed by atoms with E-state index in [1.54, 1.807) is 49.1 Å². The van der Waals surface area contributed by atoms with E-state index < -0.39 is 10.0 Å². The molecule has 1 unspecified atom stereocenters. The van der Waals surface area contributed by atoms with Gasteiger partial charge >= 0.3 is 0 Å². The Bertz CT molecular complexity index is 1680. The zero-order valence-electron chi connectivity index (χ0n) is 18.9. The monoisotopic (exact) mass is 490 g/mol. The van der Waals surface area contributed by atoms with Crippen LogP contribution in [-0.2, 0) is 39.1 Å². The minimum Gasteiger partial charge on any atom is -0.461 e. The van der Waals surface area contributed by atoms with Crippen LogP contribution in [0.5, 0.6) is 0 Å². The molecule has 178 valence electrons. The maximum absolute atomic E-state index is 13.4. The number of hydrogen-bond acceptors (Lipinski definition) is 7. The van der Waals surface area contributed by atoms with Gasteiger partial charge < -0.3 is 9.30 Å². The van der Waals surface area contributed by atoms with Crippen molar-refractivity contribution in [2.24, 2.45) is 0 Å². The number of ether oxygens (including phenoxy) is 1. The number of benzene rings is 1. The number of nitrogens with zero attached hydrogens (tertiary/aromatic N) is 6. The third kappa shape index (κ3) is 3.50. The summed E-state index contributed by atoms with van der Waals surface area (Å²) in [5.74, 6) is 0. The zero-order valence-corrected chi connectivity index (χ0v) is 19.7. The molecule has 0 radical (unpaired) electrons. The van der Waals surface area contributed by atoms with Gasteiger partial charge in [-0.1, -0.05) is 17.7 Å². The van der Waals surface area contributed by atoms with E-state index in [0.29, 0.717) is 29.9 Å². The Morgan fingerprint density at radius 2 is 2.00 bits per heavy atom. The lowest BCUT2D eigenvalue weighted by atomic mass is 10.0. The molecule has 5 aromatic rings. The van der Waals surface area contributed by atoms with Gasteiger partial charge in [0.15, 0.2) is 5.65 Å². The van der Waals surface area contributed by atoms with Crippen LogP contribution in [-0.4, -0.2) is 43.2 Å². The van der Waals surface area contributed by atoms with Crippen LogP contribution in [0.2, 0.25) is 0 Å². The highest BCUT2D eigenvalue weighted by Crippen LogP contribution is 2.32. The Balaban J connectivity index is 1.40. The van der Waals surface area contributed by atoms with Crippen molar-refractivity contribution in [3.63, 3.8) is 0 Å². The van der Waals surface area contributed by atoms with Gasteiger partial charge in [-0.15, -0.1) is 0 Å². The van der Waals surface area contributed by atoms with E-state index in [2.05, 4.69) is 19.6 Å². The minimum atomic E-state index is -3.80. The Labute approximate surface area is 200 Å². The van der Waals surface area contributed by atoms with Crippen molar-refractivity contribution in [3.8, 4) is 0 Å². The van der Waals surface area contributed by atoms with E-state index in [0.717, 1.165) is 35.0 Å². The highest BCUT2D eigenvalue weighted by Gasteiger charge is 2.26. The second-order valence-electron chi connectivity index (χ2n) is 8.72. The number of pyridine rings is 1. The van der Waals surface area contributed by atoms with Crippen molar-refractivity contribution >= 4 is 38.6 Å². The summed E-state index contributed by atoms with van der Waals surface area (Å²) in [5, 5.41) is 5.29. The lowest BCUT2D eigenvalue weighted by molar-refractivity contribution is -0.129. The second kappa shape index (κ2) is 8.05. The van der Waals surface area contributed by atoms with Crippen LogP contribution in [0.15, 0.2) is 60.0 Å². The quantitative estimate of drug-likeness (QED) is 0.336.